The van der Waals surface area contributed by atoms with Gasteiger partial charge in [-0.2, -0.15) is 0 Å². The molecule has 0 spiro atoms. The first-order valence-corrected chi connectivity index (χ1v) is 21.0. The summed E-state index contributed by atoms with van der Waals surface area (Å²) in [6.45, 7) is 8.48. The van der Waals surface area contributed by atoms with E-state index in [2.05, 4.69) is 34.7 Å². The van der Waals surface area contributed by atoms with Crippen LogP contribution < -0.4 is 10.6 Å². The Bertz CT molecular complexity index is 2270. The molecular formula is C40H42ClN7O8S2. The Morgan fingerprint density at radius 3 is 2.40 bits per heavy atom. The van der Waals surface area contributed by atoms with Crippen LogP contribution in [0.5, 0.6) is 0 Å². The zero-order valence-corrected chi connectivity index (χ0v) is 34.6. The standard InChI is InChI=1S/C40H42ClN7O8S2/c1-22-23(2)58-40-33(22)35(25-7-9-26(41)10-8-25)43-28(36-46-45-24(3)47(36)40)21-32(50)42-13-14-54-15-16-55-17-18-56-19-20-57-30-6-4-5-27-34(30)39(53)48(38(27)52)29-11-12-31(49)44-37(29)51/h4-10,28-29H,11-21H2,1-3H3,(H,42,50)(H,44,49,51)/t28-,29?/m0/s1. The van der Waals surface area contributed by atoms with Crippen molar-refractivity contribution in [2.24, 2.45) is 4.99 Å². The number of thioether (sulfide) groups is 1. The van der Waals surface area contributed by atoms with Gasteiger partial charge in [0.15, 0.2) is 5.82 Å². The molecular weight excluding hydrogens is 806 g/mol. The smallest absolute Gasteiger partial charge is 0.263 e. The second-order valence-corrected chi connectivity index (χ2v) is 16.5. The van der Waals surface area contributed by atoms with E-state index in [4.69, 9.17) is 30.8 Å². The number of fused-ring (bicyclic) bond motifs is 4. The number of amides is 5. The van der Waals surface area contributed by atoms with E-state index in [0.717, 1.165) is 38.1 Å². The minimum atomic E-state index is -1.01. The molecule has 3 aliphatic heterocycles. The van der Waals surface area contributed by atoms with E-state index in [9.17, 15) is 24.0 Å². The van der Waals surface area contributed by atoms with Crippen LogP contribution in [0.1, 0.15) is 79.2 Å². The monoisotopic (exact) mass is 847 g/mol. The number of carbonyl (C=O) groups excluding carboxylic acids is 5. The third kappa shape index (κ3) is 8.79. The average molecular weight is 848 g/mol. The van der Waals surface area contributed by atoms with Crippen LogP contribution in [0.2, 0.25) is 5.02 Å². The van der Waals surface area contributed by atoms with Gasteiger partial charge in [-0.25, -0.2) is 0 Å². The normalized spacial score (nSPS) is 17.4. The van der Waals surface area contributed by atoms with Crippen molar-refractivity contribution in [3.8, 4) is 5.00 Å². The van der Waals surface area contributed by atoms with Crippen molar-refractivity contribution in [3.63, 3.8) is 0 Å². The molecule has 5 heterocycles. The van der Waals surface area contributed by atoms with E-state index in [0.29, 0.717) is 67.7 Å². The van der Waals surface area contributed by atoms with Crippen LogP contribution in [0.3, 0.4) is 0 Å². The number of imide groups is 2. The Morgan fingerprint density at radius 1 is 0.931 bits per heavy atom. The number of carbonyl (C=O) groups is 5. The van der Waals surface area contributed by atoms with Gasteiger partial charge in [-0.05, 0) is 57.0 Å². The van der Waals surface area contributed by atoms with E-state index < -0.39 is 35.7 Å². The highest BCUT2D eigenvalue weighted by Crippen LogP contribution is 2.40. The molecule has 15 nitrogen and oxygen atoms in total. The number of benzene rings is 2. The molecule has 4 aromatic rings. The second kappa shape index (κ2) is 18.4. The highest BCUT2D eigenvalue weighted by Gasteiger charge is 2.45. The van der Waals surface area contributed by atoms with Crippen molar-refractivity contribution in [2.45, 2.75) is 57.0 Å². The van der Waals surface area contributed by atoms with Crippen molar-refractivity contribution >= 4 is 69.9 Å². The second-order valence-electron chi connectivity index (χ2n) is 13.8. The van der Waals surface area contributed by atoms with Crippen LogP contribution in [0.4, 0.5) is 0 Å². The van der Waals surface area contributed by atoms with Crippen molar-refractivity contribution in [3.05, 3.63) is 91.8 Å². The molecule has 1 saturated heterocycles. The summed E-state index contributed by atoms with van der Waals surface area (Å²) in [6.07, 6.45) is 0.251. The largest absolute Gasteiger partial charge is 0.378 e. The summed E-state index contributed by atoms with van der Waals surface area (Å²) in [4.78, 5) is 71.3. The first-order chi connectivity index (χ1) is 28.0. The molecule has 0 saturated carbocycles. The minimum Gasteiger partial charge on any atom is -0.378 e. The van der Waals surface area contributed by atoms with Gasteiger partial charge in [0.1, 0.15) is 22.9 Å². The summed E-state index contributed by atoms with van der Waals surface area (Å²) in [5.41, 5.74) is 4.34. The fourth-order valence-corrected chi connectivity index (χ4v) is 9.28. The topological polar surface area (TPSA) is 183 Å². The zero-order valence-electron chi connectivity index (χ0n) is 32.2. The van der Waals surface area contributed by atoms with Gasteiger partial charge < -0.3 is 19.5 Å². The molecule has 1 fully saturated rings. The lowest BCUT2D eigenvalue weighted by atomic mass is 9.99. The number of piperidine rings is 1. The van der Waals surface area contributed by atoms with Crippen molar-refractivity contribution in [1.29, 1.82) is 0 Å². The van der Waals surface area contributed by atoms with Gasteiger partial charge in [0.25, 0.3) is 11.8 Å². The Hall–Kier alpha value is -4.78. The number of hydrogen-bond acceptors (Lipinski definition) is 13. The number of nitrogens with one attached hydrogen (secondary N) is 2. The van der Waals surface area contributed by atoms with E-state index >= 15 is 0 Å². The molecule has 2 aromatic carbocycles. The first-order valence-electron chi connectivity index (χ1n) is 18.9. The third-order valence-corrected chi connectivity index (χ3v) is 12.4. The molecule has 1 unspecified atom stereocenters. The quantitative estimate of drug-likeness (QED) is 0.0864. The molecule has 2 atom stereocenters. The Balaban J connectivity index is 0.799. The number of aryl methyl sites for hydroxylation is 2. The van der Waals surface area contributed by atoms with E-state index in [-0.39, 0.29) is 36.3 Å². The van der Waals surface area contributed by atoms with Gasteiger partial charge in [0.2, 0.25) is 17.7 Å². The molecule has 0 bridgehead atoms. The molecule has 2 N–H and O–H groups in total. The van der Waals surface area contributed by atoms with Gasteiger partial charge in [0, 0.05) is 44.6 Å². The van der Waals surface area contributed by atoms with E-state index in [1.54, 1.807) is 29.5 Å². The van der Waals surface area contributed by atoms with Gasteiger partial charge in [-0.15, -0.1) is 33.3 Å². The third-order valence-electron chi connectivity index (χ3n) is 9.96. The summed E-state index contributed by atoms with van der Waals surface area (Å²) < 4.78 is 19.0. The molecule has 0 aliphatic carbocycles. The predicted molar refractivity (Wildman–Crippen MR) is 217 cm³/mol. The SMILES string of the molecule is Cc1sc2c(c1C)C(c1ccc(Cl)cc1)=N[C@@H](CC(=O)NCCOCCOCCOCCSc1cccc3c1C(=O)N(C1CCC(=O)NC1=O)C3=O)c1nnc(C)n1-2. The molecule has 304 valence electrons. The highest BCUT2D eigenvalue weighted by molar-refractivity contribution is 7.99. The summed E-state index contributed by atoms with van der Waals surface area (Å²) in [5, 5.41) is 15.6. The van der Waals surface area contributed by atoms with E-state index in [1.807, 2.05) is 35.8 Å². The summed E-state index contributed by atoms with van der Waals surface area (Å²) in [7, 11) is 0. The molecule has 18 heteroatoms. The van der Waals surface area contributed by atoms with Crippen molar-refractivity contribution < 1.29 is 38.2 Å². The van der Waals surface area contributed by atoms with Crippen molar-refractivity contribution in [1.82, 2.24) is 30.3 Å². The lowest BCUT2D eigenvalue weighted by Crippen LogP contribution is -2.54. The van der Waals surface area contributed by atoms with Crippen LogP contribution in [0, 0.1) is 20.8 Å². The lowest BCUT2D eigenvalue weighted by Gasteiger charge is -2.27. The molecule has 2 aromatic heterocycles. The number of ether oxygens (including phenoxy) is 3. The summed E-state index contributed by atoms with van der Waals surface area (Å²) in [5.74, 6) is -0.443. The molecule has 0 radical (unpaired) electrons. The molecule has 58 heavy (non-hydrogen) atoms. The molecule has 3 aliphatic rings. The maximum absolute atomic E-state index is 13.3. The fraction of sp³-hybridized carbons (Fsp3) is 0.400. The molecule has 5 amide bonds. The number of aromatic nitrogens is 3. The maximum atomic E-state index is 13.3. The zero-order chi connectivity index (χ0) is 40.9. The van der Waals surface area contributed by atoms with Crippen LogP contribution in [0.25, 0.3) is 5.00 Å². The number of aliphatic imine (C=N–C) groups is 1. The van der Waals surface area contributed by atoms with Crippen molar-refractivity contribution in [2.75, 3.05) is 51.9 Å². The number of halogens is 1. The number of thiophene rings is 1. The van der Waals surface area contributed by atoms with Gasteiger partial charge >= 0.3 is 0 Å². The van der Waals surface area contributed by atoms with Crippen LogP contribution in [0.15, 0.2) is 52.4 Å². The van der Waals surface area contributed by atoms with Crippen LogP contribution >= 0.6 is 34.7 Å². The lowest BCUT2D eigenvalue weighted by molar-refractivity contribution is -0.136. The highest BCUT2D eigenvalue weighted by atomic mass is 35.5. The van der Waals surface area contributed by atoms with Gasteiger partial charge in [-0.3, -0.25) is 43.7 Å². The summed E-state index contributed by atoms with van der Waals surface area (Å²) >= 11 is 9.25. The number of nitrogens with zero attached hydrogens (tertiary/aromatic N) is 5. The predicted octanol–water partition coefficient (Wildman–Crippen LogP) is 4.55. The Kier molecular flexibility index (Phi) is 13.1. The van der Waals surface area contributed by atoms with Gasteiger partial charge in [-0.1, -0.05) is 29.8 Å². The Labute approximate surface area is 347 Å². The first kappa shape index (κ1) is 41.4. The maximum Gasteiger partial charge on any atom is 0.263 e. The van der Waals surface area contributed by atoms with E-state index in [1.165, 1.54) is 16.6 Å². The van der Waals surface area contributed by atoms with Crippen LogP contribution in [-0.4, -0.2) is 113 Å². The van der Waals surface area contributed by atoms with Gasteiger partial charge in [0.05, 0.1) is 62.9 Å². The summed E-state index contributed by atoms with van der Waals surface area (Å²) in [6, 6.07) is 11.0. The molecule has 7 rings (SSSR count). The fourth-order valence-electron chi connectivity index (χ4n) is 7.00. The Morgan fingerprint density at radius 2 is 1.66 bits per heavy atom. The minimum absolute atomic E-state index is 0.0647. The number of hydrogen-bond donors (Lipinski definition) is 2. The van der Waals surface area contributed by atoms with Crippen LogP contribution in [-0.2, 0) is 28.6 Å². The average Bonchev–Trinajstić information content (AvgIpc) is 3.78. The number of rotatable bonds is 17.